The van der Waals surface area contributed by atoms with Crippen LogP contribution in [0.2, 0.25) is 0 Å². The quantitative estimate of drug-likeness (QED) is 0.610. The molecule has 0 spiro atoms. The zero-order valence-corrected chi connectivity index (χ0v) is 18.5. The molecule has 176 valence electrons. The molecule has 33 heavy (non-hydrogen) atoms. The van der Waals surface area contributed by atoms with Gasteiger partial charge in [-0.05, 0) is 30.5 Å². The largest absolute Gasteiger partial charge is 0.490 e. The molecule has 1 aromatic heterocycles. The smallest absolute Gasteiger partial charge is 0.475 e. The van der Waals surface area contributed by atoms with Crippen molar-refractivity contribution >= 4 is 5.97 Å². The number of aryl methyl sites for hydroxylation is 1. The fourth-order valence-corrected chi connectivity index (χ4v) is 3.94. The number of hydrogen-bond donors (Lipinski definition) is 2. The van der Waals surface area contributed by atoms with Gasteiger partial charge in [-0.3, -0.25) is 9.58 Å². The third-order valence-electron chi connectivity index (χ3n) is 5.63. The Bertz CT molecular complexity index is 1100. The second-order valence-electron chi connectivity index (χ2n) is 8.07. The van der Waals surface area contributed by atoms with Gasteiger partial charge in [0.25, 0.3) is 0 Å². The van der Waals surface area contributed by atoms with E-state index in [0.717, 1.165) is 31.9 Å². The Kier molecular flexibility index (Phi) is 7.55. The van der Waals surface area contributed by atoms with Crippen LogP contribution in [0.5, 0.6) is 0 Å². The highest BCUT2D eigenvalue weighted by Gasteiger charge is 2.38. The molecule has 1 unspecified atom stereocenters. The molecule has 0 fully saturated rings. The fourth-order valence-electron chi connectivity index (χ4n) is 3.94. The molecule has 0 radical (unpaired) electrons. The normalized spacial score (nSPS) is 16.0. The molecule has 2 heterocycles. The number of fused-ring (bicyclic) bond motifs is 1. The summed E-state index contributed by atoms with van der Waals surface area (Å²) < 4.78 is 33.9. The van der Waals surface area contributed by atoms with Crippen LogP contribution in [-0.2, 0) is 24.4 Å². The standard InChI is InChI=1S/C22H26N4.C2HF3O2/c1-16-21(17(2)26(24-16)12-18-8-4-3-5-9-18)14-25-13-19-10-6-7-11-20(19)22(23)15-25;3-2(4,5)1(6)7/h3-11,22H,12-15,23H2,1-2H3;(H,6,7). The lowest BCUT2D eigenvalue weighted by atomic mass is 9.95. The van der Waals surface area contributed by atoms with Crippen LogP contribution in [-0.4, -0.2) is 38.5 Å². The summed E-state index contributed by atoms with van der Waals surface area (Å²) in [5.74, 6) is -2.76. The van der Waals surface area contributed by atoms with E-state index in [0.29, 0.717) is 0 Å². The van der Waals surface area contributed by atoms with Gasteiger partial charge in [-0.2, -0.15) is 18.3 Å². The van der Waals surface area contributed by atoms with Gasteiger partial charge in [-0.25, -0.2) is 4.79 Å². The van der Waals surface area contributed by atoms with E-state index >= 15 is 0 Å². The van der Waals surface area contributed by atoms with Crippen LogP contribution in [0, 0.1) is 13.8 Å². The Morgan fingerprint density at radius 3 is 2.33 bits per heavy atom. The molecule has 0 aliphatic carbocycles. The number of alkyl halides is 3. The van der Waals surface area contributed by atoms with Crippen molar-refractivity contribution in [2.24, 2.45) is 5.73 Å². The monoisotopic (exact) mass is 460 g/mol. The zero-order valence-electron chi connectivity index (χ0n) is 18.5. The number of aromatic nitrogens is 2. The Morgan fingerprint density at radius 1 is 1.09 bits per heavy atom. The van der Waals surface area contributed by atoms with Gasteiger partial charge in [0.15, 0.2) is 0 Å². The molecule has 1 aliphatic heterocycles. The van der Waals surface area contributed by atoms with Crippen LogP contribution in [0.3, 0.4) is 0 Å². The summed E-state index contributed by atoms with van der Waals surface area (Å²) in [4.78, 5) is 11.3. The molecular weight excluding hydrogens is 433 g/mol. The summed E-state index contributed by atoms with van der Waals surface area (Å²) in [6, 6.07) is 19.1. The Labute approximate surface area is 190 Å². The number of nitrogens with two attached hydrogens (primary N) is 1. The van der Waals surface area contributed by atoms with Crippen LogP contribution < -0.4 is 5.73 Å². The van der Waals surface area contributed by atoms with Crippen molar-refractivity contribution in [3.63, 3.8) is 0 Å². The highest BCUT2D eigenvalue weighted by atomic mass is 19.4. The van der Waals surface area contributed by atoms with Crippen LogP contribution in [0.1, 0.15) is 39.7 Å². The average molecular weight is 461 g/mol. The number of halogens is 3. The molecule has 0 saturated carbocycles. The number of carbonyl (C=O) groups is 1. The third-order valence-corrected chi connectivity index (χ3v) is 5.63. The van der Waals surface area contributed by atoms with Gasteiger partial charge >= 0.3 is 12.1 Å². The van der Waals surface area contributed by atoms with Crippen molar-refractivity contribution in [2.45, 2.75) is 45.7 Å². The summed E-state index contributed by atoms with van der Waals surface area (Å²) in [5.41, 5.74) is 14.0. The molecule has 1 atom stereocenters. The lowest BCUT2D eigenvalue weighted by Crippen LogP contribution is -2.36. The van der Waals surface area contributed by atoms with E-state index in [4.69, 9.17) is 20.7 Å². The van der Waals surface area contributed by atoms with Crippen molar-refractivity contribution in [3.05, 3.63) is 88.2 Å². The molecule has 0 amide bonds. The number of hydrogen-bond acceptors (Lipinski definition) is 4. The maximum Gasteiger partial charge on any atom is 0.490 e. The summed E-state index contributed by atoms with van der Waals surface area (Å²) >= 11 is 0. The van der Waals surface area contributed by atoms with Crippen molar-refractivity contribution in [3.8, 4) is 0 Å². The zero-order chi connectivity index (χ0) is 24.2. The van der Waals surface area contributed by atoms with E-state index in [1.54, 1.807) is 0 Å². The van der Waals surface area contributed by atoms with E-state index in [1.807, 2.05) is 6.07 Å². The Hall–Kier alpha value is -3.17. The topological polar surface area (TPSA) is 84.4 Å². The summed E-state index contributed by atoms with van der Waals surface area (Å²) in [7, 11) is 0. The van der Waals surface area contributed by atoms with Crippen LogP contribution >= 0.6 is 0 Å². The number of carboxylic acids is 1. The van der Waals surface area contributed by atoms with Crippen molar-refractivity contribution in [1.82, 2.24) is 14.7 Å². The van der Waals surface area contributed by atoms with Crippen molar-refractivity contribution < 1.29 is 23.1 Å². The lowest BCUT2D eigenvalue weighted by molar-refractivity contribution is -0.192. The maximum atomic E-state index is 10.6. The number of benzene rings is 2. The molecule has 1 aliphatic rings. The first-order chi connectivity index (χ1) is 15.6. The first-order valence-electron chi connectivity index (χ1n) is 10.5. The number of nitrogens with zero attached hydrogens (tertiary/aromatic N) is 3. The van der Waals surface area contributed by atoms with Crippen molar-refractivity contribution in [2.75, 3.05) is 6.54 Å². The molecular formula is C24H27F3N4O2. The second kappa shape index (κ2) is 10.2. The van der Waals surface area contributed by atoms with Gasteiger partial charge in [0.2, 0.25) is 0 Å². The van der Waals surface area contributed by atoms with Gasteiger partial charge in [-0.1, -0.05) is 54.6 Å². The van der Waals surface area contributed by atoms with E-state index in [9.17, 15) is 13.2 Å². The van der Waals surface area contributed by atoms with Crippen LogP contribution in [0.15, 0.2) is 54.6 Å². The minimum Gasteiger partial charge on any atom is -0.475 e. The van der Waals surface area contributed by atoms with Gasteiger partial charge in [-0.15, -0.1) is 0 Å². The Balaban J connectivity index is 0.000000383. The van der Waals surface area contributed by atoms with E-state index in [-0.39, 0.29) is 6.04 Å². The number of carboxylic acid groups (broad SMARTS) is 1. The third kappa shape index (κ3) is 6.21. The lowest BCUT2D eigenvalue weighted by Gasteiger charge is -2.32. The summed E-state index contributed by atoms with van der Waals surface area (Å²) in [6.45, 7) is 7.84. The van der Waals surface area contributed by atoms with E-state index in [1.165, 1.54) is 27.9 Å². The molecule has 6 nitrogen and oxygen atoms in total. The van der Waals surface area contributed by atoms with Crippen LogP contribution in [0.4, 0.5) is 13.2 Å². The molecule has 9 heteroatoms. The highest BCUT2D eigenvalue weighted by molar-refractivity contribution is 5.73. The molecule has 4 rings (SSSR count). The van der Waals surface area contributed by atoms with Crippen molar-refractivity contribution in [1.29, 1.82) is 0 Å². The number of aliphatic carboxylic acids is 1. The fraction of sp³-hybridized carbons (Fsp3) is 0.333. The van der Waals surface area contributed by atoms with E-state index < -0.39 is 12.1 Å². The maximum absolute atomic E-state index is 10.6. The first-order valence-corrected chi connectivity index (χ1v) is 10.5. The molecule has 0 bridgehead atoms. The summed E-state index contributed by atoms with van der Waals surface area (Å²) in [5, 5.41) is 11.9. The van der Waals surface area contributed by atoms with Crippen LogP contribution in [0.25, 0.3) is 0 Å². The summed E-state index contributed by atoms with van der Waals surface area (Å²) in [6.07, 6.45) is -5.08. The minimum absolute atomic E-state index is 0.0833. The molecule has 2 aromatic carbocycles. The SMILES string of the molecule is Cc1nn(Cc2ccccc2)c(C)c1CN1Cc2ccccc2C(N)C1.O=C(O)C(F)(F)F. The van der Waals surface area contributed by atoms with Gasteiger partial charge in [0.05, 0.1) is 12.2 Å². The molecule has 3 N–H and O–H groups in total. The second-order valence-corrected chi connectivity index (χ2v) is 8.07. The van der Waals surface area contributed by atoms with E-state index in [2.05, 4.69) is 72.0 Å². The van der Waals surface area contributed by atoms with Gasteiger partial charge in [0.1, 0.15) is 0 Å². The highest BCUT2D eigenvalue weighted by Crippen LogP contribution is 2.27. The molecule has 3 aromatic rings. The molecule has 0 saturated heterocycles. The van der Waals surface area contributed by atoms with Gasteiger partial charge in [0, 0.05) is 36.9 Å². The predicted molar refractivity (Wildman–Crippen MR) is 118 cm³/mol. The average Bonchev–Trinajstić information content (AvgIpc) is 3.01. The van der Waals surface area contributed by atoms with Gasteiger partial charge < -0.3 is 10.8 Å². The minimum atomic E-state index is -5.08. The predicted octanol–water partition coefficient (Wildman–Crippen LogP) is 4.20. The number of rotatable bonds is 4. The Morgan fingerprint density at radius 2 is 1.70 bits per heavy atom. The first kappa shape index (κ1) is 24.5.